The third kappa shape index (κ3) is 11.5. The van der Waals surface area contributed by atoms with Crippen molar-refractivity contribution in [3.63, 3.8) is 0 Å². The smallest absolute Gasteiger partial charge is 0.223 e. The van der Waals surface area contributed by atoms with Crippen molar-refractivity contribution in [3.05, 3.63) is 36.4 Å². The van der Waals surface area contributed by atoms with Crippen LogP contribution in [0.25, 0.3) is 0 Å². The zero-order valence-electron chi connectivity index (χ0n) is 13.7. The molecule has 19 heavy (non-hydrogen) atoms. The van der Waals surface area contributed by atoms with Crippen molar-refractivity contribution < 1.29 is 4.79 Å². The number of carbonyl (C=O) groups is 1. The Labute approximate surface area is 119 Å². The number of carbonyl (C=O) groups excluding carboxylic acids is 1. The van der Waals surface area contributed by atoms with Gasteiger partial charge in [-0.15, -0.1) is 0 Å². The SMILES string of the molecule is CC.CCNC(=O)C(C)C(C)(C)C.c1ccccc1. The summed E-state index contributed by atoms with van der Waals surface area (Å²) in [6, 6.07) is 12.0. The molecule has 0 aliphatic carbocycles. The summed E-state index contributed by atoms with van der Waals surface area (Å²) < 4.78 is 0. The fourth-order valence-electron chi connectivity index (χ4n) is 1.11. The standard InChI is InChI=1S/C9H19NO.C6H6.C2H6/c1-6-10-8(11)7(2)9(3,4)5;1-2-4-6-5-3-1;1-2/h7H,6H2,1-5H3,(H,10,11);1-6H;1-2H3. The van der Waals surface area contributed by atoms with E-state index in [-0.39, 0.29) is 17.2 Å². The summed E-state index contributed by atoms with van der Waals surface area (Å²) in [6.45, 7) is 14.9. The molecule has 0 aliphatic heterocycles. The van der Waals surface area contributed by atoms with Gasteiger partial charge in [-0.25, -0.2) is 0 Å². The van der Waals surface area contributed by atoms with Gasteiger partial charge in [-0.2, -0.15) is 0 Å². The highest BCUT2D eigenvalue weighted by Gasteiger charge is 2.25. The van der Waals surface area contributed by atoms with Gasteiger partial charge < -0.3 is 5.32 Å². The van der Waals surface area contributed by atoms with E-state index in [9.17, 15) is 4.79 Å². The minimum atomic E-state index is 0.0687. The van der Waals surface area contributed by atoms with Gasteiger partial charge >= 0.3 is 0 Å². The van der Waals surface area contributed by atoms with Crippen LogP contribution in [0.15, 0.2) is 36.4 Å². The van der Waals surface area contributed by atoms with Gasteiger partial charge in [0.15, 0.2) is 0 Å². The maximum Gasteiger partial charge on any atom is 0.223 e. The summed E-state index contributed by atoms with van der Waals surface area (Å²) in [4.78, 5) is 11.3. The molecule has 2 nitrogen and oxygen atoms in total. The topological polar surface area (TPSA) is 29.1 Å². The Hall–Kier alpha value is -1.31. The molecule has 0 fully saturated rings. The minimum Gasteiger partial charge on any atom is -0.356 e. The summed E-state index contributed by atoms with van der Waals surface area (Å²) in [5.74, 6) is 0.238. The van der Waals surface area contributed by atoms with Crippen LogP contribution in [0.5, 0.6) is 0 Å². The largest absolute Gasteiger partial charge is 0.356 e. The highest BCUT2D eigenvalue weighted by atomic mass is 16.1. The summed E-state index contributed by atoms with van der Waals surface area (Å²) in [7, 11) is 0. The zero-order valence-corrected chi connectivity index (χ0v) is 13.7. The number of hydrogen-bond acceptors (Lipinski definition) is 1. The minimum absolute atomic E-state index is 0.0687. The molecule has 1 atom stereocenters. The van der Waals surface area contributed by atoms with Gasteiger partial charge in [0.2, 0.25) is 5.91 Å². The van der Waals surface area contributed by atoms with Gasteiger partial charge in [0.25, 0.3) is 0 Å². The predicted molar refractivity (Wildman–Crippen MR) is 85.1 cm³/mol. The Morgan fingerprint density at radius 1 is 1.00 bits per heavy atom. The van der Waals surface area contributed by atoms with Gasteiger partial charge in [0, 0.05) is 12.5 Å². The van der Waals surface area contributed by atoms with E-state index in [2.05, 4.69) is 26.1 Å². The Kier molecular flexibility index (Phi) is 12.4. The van der Waals surface area contributed by atoms with Gasteiger partial charge in [-0.05, 0) is 12.3 Å². The Morgan fingerprint density at radius 3 is 1.53 bits per heavy atom. The van der Waals surface area contributed by atoms with E-state index in [1.807, 2.05) is 64.1 Å². The van der Waals surface area contributed by atoms with E-state index in [1.165, 1.54) is 0 Å². The lowest BCUT2D eigenvalue weighted by Gasteiger charge is -2.25. The first-order valence-corrected chi connectivity index (χ1v) is 7.17. The molecular weight excluding hydrogens is 234 g/mol. The van der Waals surface area contributed by atoms with Crippen molar-refractivity contribution in [1.29, 1.82) is 0 Å². The lowest BCUT2D eigenvalue weighted by Crippen LogP contribution is -2.35. The second-order valence-electron chi connectivity index (χ2n) is 5.14. The molecule has 1 aromatic rings. The van der Waals surface area contributed by atoms with Crippen LogP contribution < -0.4 is 5.32 Å². The predicted octanol–water partition coefficient (Wildman–Crippen LogP) is 4.52. The van der Waals surface area contributed by atoms with Crippen LogP contribution in [0, 0.1) is 11.3 Å². The van der Waals surface area contributed by atoms with Crippen molar-refractivity contribution in [2.75, 3.05) is 6.54 Å². The first-order chi connectivity index (χ1) is 8.89. The number of hydrogen-bond donors (Lipinski definition) is 1. The fraction of sp³-hybridized carbons (Fsp3) is 0.588. The molecule has 1 aromatic carbocycles. The number of nitrogens with one attached hydrogen (secondary N) is 1. The highest BCUT2D eigenvalue weighted by molar-refractivity contribution is 5.78. The summed E-state index contributed by atoms with van der Waals surface area (Å²) in [6.07, 6.45) is 0. The third-order valence-corrected chi connectivity index (χ3v) is 2.71. The molecule has 0 aromatic heterocycles. The number of rotatable bonds is 2. The van der Waals surface area contributed by atoms with E-state index in [1.54, 1.807) is 0 Å². The van der Waals surface area contributed by atoms with Gasteiger partial charge in [-0.3, -0.25) is 4.79 Å². The average molecular weight is 265 g/mol. The van der Waals surface area contributed by atoms with Crippen LogP contribution in [-0.2, 0) is 4.79 Å². The van der Waals surface area contributed by atoms with Crippen LogP contribution in [0.1, 0.15) is 48.5 Å². The molecule has 0 saturated heterocycles. The molecule has 2 heteroatoms. The Morgan fingerprint density at radius 2 is 1.32 bits per heavy atom. The molecule has 0 bridgehead atoms. The quantitative estimate of drug-likeness (QED) is 0.837. The van der Waals surface area contributed by atoms with Crippen molar-refractivity contribution in [3.8, 4) is 0 Å². The van der Waals surface area contributed by atoms with E-state index in [4.69, 9.17) is 0 Å². The number of benzene rings is 1. The van der Waals surface area contributed by atoms with E-state index in [0.717, 1.165) is 6.54 Å². The third-order valence-electron chi connectivity index (χ3n) is 2.71. The van der Waals surface area contributed by atoms with Crippen LogP contribution in [-0.4, -0.2) is 12.5 Å². The second kappa shape index (κ2) is 11.8. The summed E-state index contributed by atoms with van der Waals surface area (Å²) >= 11 is 0. The van der Waals surface area contributed by atoms with Crippen LogP contribution in [0.4, 0.5) is 0 Å². The molecule has 1 rings (SSSR count). The van der Waals surface area contributed by atoms with Crippen molar-refractivity contribution >= 4 is 5.91 Å². The Bertz CT molecular complexity index is 274. The Balaban J connectivity index is 0. The molecule has 110 valence electrons. The monoisotopic (exact) mass is 265 g/mol. The van der Waals surface area contributed by atoms with Gasteiger partial charge in [0.05, 0.1) is 0 Å². The van der Waals surface area contributed by atoms with E-state index in [0.29, 0.717) is 0 Å². The highest BCUT2D eigenvalue weighted by Crippen LogP contribution is 2.24. The van der Waals surface area contributed by atoms with Crippen LogP contribution in [0.3, 0.4) is 0 Å². The normalized spacial score (nSPS) is 11.1. The maximum absolute atomic E-state index is 11.3. The molecule has 1 amide bonds. The fourth-order valence-corrected chi connectivity index (χ4v) is 1.11. The average Bonchev–Trinajstić information content (AvgIpc) is 2.42. The first kappa shape index (κ1) is 20.0. The maximum atomic E-state index is 11.3. The molecule has 0 saturated carbocycles. The van der Waals surface area contributed by atoms with Gasteiger partial charge in [-0.1, -0.05) is 77.9 Å². The number of amides is 1. The molecule has 0 aliphatic rings. The van der Waals surface area contributed by atoms with Gasteiger partial charge in [0.1, 0.15) is 0 Å². The van der Waals surface area contributed by atoms with E-state index >= 15 is 0 Å². The zero-order chi connectivity index (χ0) is 15.3. The summed E-state index contributed by atoms with van der Waals surface area (Å²) in [5.41, 5.74) is 0.0687. The second-order valence-corrected chi connectivity index (χ2v) is 5.14. The molecular formula is C17H31NO. The van der Waals surface area contributed by atoms with Crippen molar-refractivity contribution in [1.82, 2.24) is 5.32 Å². The van der Waals surface area contributed by atoms with Crippen LogP contribution in [0.2, 0.25) is 0 Å². The first-order valence-electron chi connectivity index (χ1n) is 7.17. The lowest BCUT2D eigenvalue weighted by atomic mass is 9.81. The lowest BCUT2D eigenvalue weighted by molar-refractivity contribution is -0.127. The van der Waals surface area contributed by atoms with Crippen molar-refractivity contribution in [2.45, 2.75) is 48.5 Å². The molecule has 1 unspecified atom stereocenters. The molecule has 0 heterocycles. The molecule has 1 N–H and O–H groups in total. The van der Waals surface area contributed by atoms with E-state index < -0.39 is 0 Å². The van der Waals surface area contributed by atoms with Crippen molar-refractivity contribution in [2.24, 2.45) is 11.3 Å². The summed E-state index contributed by atoms with van der Waals surface area (Å²) in [5, 5.41) is 2.81. The molecule has 0 radical (unpaired) electrons. The van der Waals surface area contributed by atoms with Crippen LogP contribution >= 0.6 is 0 Å². The molecule has 0 spiro atoms.